The fraction of sp³-hybridized carbons (Fsp3) is 0.689. The summed E-state index contributed by atoms with van der Waals surface area (Å²) < 4.78 is 52.8. The van der Waals surface area contributed by atoms with E-state index in [0.717, 1.165) is 57.8 Å². The molecule has 358 valence electrons. The lowest BCUT2D eigenvalue weighted by molar-refractivity contribution is -0.148. The highest BCUT2D eigenvalue weighted by molar-refractivity contribution is 7.47. The number of allylic oxidation sites excluding steroid dienone is 12. The van der Waals surface area contributed by atoms with E-state index in [9.17, 15) is 43.8 Å². The van der Waals surface area contributed by atoms with Gasteiger partial charge in [-0.15, -0.1) is 0 Å². The van der Waals surface area contributed by atoms with E-state index >= 15 is 0 Å². The van der Waals surface area contributed by atoms with Crippen molar-refractivity contribution in [3.8, 4) is 0 Å². The van der Waals surface area contributed by atoms with E-state index < -0.39 is 85.5 Å². The number of aliphatic hydroxyl groups excluding tert-OH is 3. The zero-order valence-corrected chi connectivity index (χ0v) is 39.0. The summed E-state index contributed by atoms with van der Waals surface area (Å²) in [6, 6.07) is 0. The maximum absolute atomic E-state index is 12.1. The molecule has 15 nitrogen and oxygen atoms in total. The first-order valence-corrected chi connectivity index (χ1v) is 25.3. The van der Waals surface area contributed by atoms with Gasteiger partial charge in [0.15, 0.2) is 0 Å². The number of esters is 2. The van der Waals surface area contributed by atoms with Crippen LogP contribution in [-0.2, 0) is 46.3 Å². The molecule has 0 amide bonds. The first kappa shape index (κ1) is 59.5. The van der Waals surface area contributed by atoms with Crippen LogP contribution in [0.4, 0.5) is 0 Å². The third-order valence-electron chi connectivity index (χ3n) is 8.77. The van der Waals surface area contributed by atoms with Gasteiger partial charge in [-0.2, -0.15) is 0 Å². The van der Waals surface area contributed by atoms with Crippen LogP contribution in [0.3, 0.4) is 0 Å². The van der Waals surface area contributed by atoms with Crippen LogP contribution in [0.5, 0.6) is 0 Å². The summed E-state index contributed by atoms with van der Waals surface area (Å²) in [4.78, 5) is 43.6. The highest BCUT2D eigenvalue weighted by Crippen LogP contribution is 2.45. The SMILES string of the molecule is CC/C=C/C=C/C=C\C=C/C=C/CCCCCC(=O)OCC(O)COP(=O)(O)OCC(O)COP(=O)(O)OCC(O)COC(=O)CCCCCCCCC/C=C\CCCCCC. The topological polar surface area (TPSA) is 225 Å². The van der Waals surface area contributed by atoms with Crippen molar-refractivity contribution in [2.75, 3.05) is 39.6 Å². The highest BCUT2D eigenvalue weighted by atomic mass is 31.2. The number of carbonyl (C=O) groups excluding carboxylic acids is 2. The summed E-state index contributed by atoms with van der Waals surface area (Å²) in [5.74, 6) is -1.04. The molecule has 5 atom stereocenters. The number of rotatable bonds is 42. The number of aliphatic hydroxyl groups is 3. The Morgan fingerprint density at radius 1 is 0.435 bits per heavy atom. The maximum atomic E-state index is 12.1. The van der Waals surface area contributed by atoms with Crippen molar-refractivity contribution < 1.29 is 71.4 Å². The third-order valence-corrected chi connectivity index (χ3v) is 10.7. The van der Waals surface area contributed by atoms with Crippen LogP contribution in [0.2, 0.25) is 0 Å². The Balaban J connectivity index is 3.97. The molecule has 62 heavy (non-hydrogen) atoms. The quantitative estimate of drug-likeness (QED) is 0.0126. The van der Waals surface area contributed by atoms with Gasteiger partial charge in [0.1, 0.15) is 31.5 Å². The fourth-order valence-electron chi connectivity index (χ4n) is 5.29. The van der Waals surface area contributed by atoms with E-state index in [1.165, 1.54) is 44.9 Å². The molecular formula is C45H78O15P2. The molecule has 0 fully saturated rings. The van der Waals surface area contributed by atoms with Crippen molar-refractivity contribution in [2.24, 2.45) is 0 Å². The van der Waals surface area contributed by atoms with Gasteiger partial charge >= 0.3 is 27.6 Å². The summed E-state index contributed by atoms with van der Waals surface area (Å²) in [6.45, 7) is 0.178. The maximum Gasteiger partial charge on any atom is 0.472 e. The lowest BCUT2D eigenvalue weighted by Gasteiger charge is -2.19. The number of carbonyl (C=O) groups is 2. The number of hydrogen-bond donors (Lipinski definition) is 5. The number of unbranched alkanes of at least 4 members (excludes halogenated alkanes) is 14. The van der Waals surface area contributed by atoms with Crippen LogP contribution < -0.4 is 0 Å². The van der Waals surface area contributed by atoms with Gasteiger partial charge in [-0.05, 0) is 57.8 Å². The molecule has 0 aromatic heterocycles. The molecule has 0 aromatic rings. The Kier molecular flexibility index (Phi) is 39.5. The van der Waals surface area contributed by atoms with Crippen molar-refractivity contribution in [3.05, 3.63) is 72.9 Å². The largest absolute Gasteiger partial charge is 0.472 e. The molecule has 0 saturated heterocycles. The minimum Gasteiger partial charge on any atom is -0.463 e. The van der Waals surface area contributed by atoms with E-state index in [1.807, 2.05) is 54.7 Å². The van der Waals surface area contributed by atoms with E-state index in [1.54, 1.807) is 0 Å². The molecule has 17 heteroatoms. The molecule has 0 bridgehead atoms. The Bertz CT molecular complexity index is 1390. The normalized spacial score (nSPS) is 15.9. The molecule has 0 aliphatic rings. The lowest BCUT2D eigenvalue weighted by atomic mass is 10.1. The van der Waals surface area contributed by atoms with Gasteiger partial charge in [0.05, 0.1) is 26.4 Å². The second-order valence-electron chi connectivity index (χ2n) is 14.8. The number of phosphoric ester groups is 2. The van der Waals surface area contributed by atoms with Crippen LogP contribution >= 0.6 is 15.6 Å². The standard InChI is InChI=1S/C45H78O15P2/c1-3-5-7-9-11-13-15-17-19-21-23-25-27-29-31-33-44(49)55-35-41(46)37-57-61(51,52)59-39-43(48)40-60-62(53,54)58-38-42(47)36-56-45(50)34-32-30-28-26-24-22-20-18-16-14-12-10-8-6-4-2/h5,7,9,11,13-17,19,21,23,41-43,46-48H,3-4,6,8,10,12,18,20,22,24-40H2,1-2H3,(H,51,52)(H,53,54)/b7-5+,11-9+,15-13-,16-14-,19-17-,23-21+. The van der Waals surface area contributed by atoms with Crippen molar-refractivity contribution >= 4 is 27.6 Å². The predicted molar refractivity (Wildman–Crippen MR) is 242 cm³/mol. The minimum absolute atomic E-state index is 0.144. The Morgan fingerprint density at radius 3 is 1.18 bits per heavy atom. The van der Waals surface area contributed by atoms with E-state index in [2.05, 4.69) is 50.2 Å². The van der Waals surface area contributed by atoms with Crippen LogP contribution in [0.1, 0.15) is 142 Å². The summed E-state index contributed by atoms with van der Waals surface area (Å²) in [6.07, 6.45) is 39.0. The summed E-state index contributed by atoms with van der Waals surface area (Å²) in [5, 5.41) is 30.0. The highest BCUT2D eigenvalue weighted by Gasteiger charge is 2.28. The zero-order valence-electron chi connectivity index (χ0n) is 37.3. The van der Waals surface area contributed by atoms with Gasteiger partial charge < -0.3 is 34.6 Å². The van der Waals surface area contributed by atoms with Gasteiger partial charge in [-0.1, -0.05) is 145 Å². The molecular weight excluding hydrogens is 842 g/mol. The molecule has 0 heterocycles. The van der Waals surface area contributed by atoms with Gasteiger partial charge in [-0.3, -0.25) is 27.7 Å². The average Bonchev–Trinajstić information content (AvgIpc) is 3.24. The molecule has 0 radical (unpaired) electrons. The summed E-state index contributed by atoms with van der Waals surface area (Å²) in [5.41, 5.74) is 0. The van der Waals surface area contributed by atoms with Crippen molar-refractivity contribution in [3.63, 3.8) is 0 Å². The van der Waals surface area contributed by atoms with Crippen molar-refractivity contribution in [2.45, 2.75) is 161 Å². The molecule has 0 aliphatic carbocycles. The number of hydrogen-bond acceptors (Lipinski definition) is 13. The summed E-state index contributed by atoms with van der Waals surface area (Å²) >= 11 is 0. The summed E-state index contributed by atoms with van der Waals surface area (Å²) in [7, 11) is -9.59. The van der Waals surface area contributed by atoms with Crippen LogP contribution in [0.15, 0.2) is 72.9 Å². The molecule has 0 spiro atoms. The molecule has 0 saturated carbocycles. The van der Waals surface area contributed by atoms with Crippen LogP contribution in [0.25, 0.3) is 0 Å². The molecule has 0 rings (SSSR count). The number of ether oxygens (including phenoxy) is 2. The van der Waals surface area contributed by atoms with Gasteiger partial charge in [0.2, 0.25) is 0 Å². The molecule has 0 aliphatic heterocycles. The first-order valence-electron chi connectivity index (χ1n) is 22.4. The lowest BCUT2D eigenvalue weighted by Crippen LogP contribution is -2.25. The van der Waals surface area contributed by atoms with Gasteiger partial charge in [0, 0.05) is 12.8 Å². The van der Waals surface area contributed by atoms with Crippen LogP contribution in [0, 0.1) is 0 Å². The van der Waals surface area contributed by atoms with Crippen molar-refractivity contribution in [1.82, 2.24) is 0 Å². The number of phosphoric acid groups is 2. The van der Waals surface area contributed by atoms with Crippen molar-refractivity contribution in [1.29, 1.82) is 0 Å². The third kappa shape index (κ3) is 42.8. The smallest absolute Gasteiger partial charge is 0.463 e. The van der Waals surface area contributed by atoms with E-state index in [0.29, 0.717) is 12.8 Å². The average molecular weight is 921 g/mol. The van der Waals surface area contributed by atoms with E-state index in [-0.39, 0.29) is 12.8 Å². The molecule has 5 N–H and O–H groups in total. The minimum atomic E-state index is -4.80. The Hall–Kier alpha value is -2.52. The fourth-order valence-corrected chi connectivity index (χ4v) is 6.88. The predicted octanol–water partition coefficient (Wildman–Crippen LogP) is 9.60. The van der Waals surface area contributed by atoms with Crippen LogP contribution in [-0.4, -0.2) is 95.0 Å². The first-order chi connectivity index (χ1) is 29.8. The Labute approximate surface area is 371 Å². The second-order valence-corrected chi connectivity index (χ2v) is 17.7. The van der Waals surface area contributed by atoms with Gasteiger partial charge in [0.25, 0.3) is 0 Å². The Morgan fingerprint density at radius 2 is 0.758 bits per heavy atom. The van der Waals surface area contributed by atoms with E-state index in [4.69, 9.17) is 9.47 Å². The zero-order chi connectivity index (χ0) is 46.0. The monoisotopic (exact) mass is 920 g/mol. The second kappa shape index (κ2) is 41.2. The molecule has 0 aromatic carbocycles. The van der Waals surface area contributed by atoms with Gasteiger partial charge in [-0.25, -0.2) is 9.13 Å². The molecule has 5 unspecified atom stereocenters.